The van der Waals surface area contributed by atoms with Gasteiger partial charge in [-0.15, -0.1) is 0 Å². The third-order valence-corrected chi connectivity index (χ3v) is 3.90. The quantitative estimate of drug-likeness (QED) is 0.840. The first-order chi connectivity index (χ1) is 9.01. The van der Waals surface area contributed by atoms with Crippen molar-refractivity contribution in [3.8, 4) is 0 Å². The fourth-order valence-electron chi connectivity index (χ4n) is 2.06. The smallest absolute Gasteiger partial charge is 0.124 e. The number of rotatable bonds is 3. The summed E-state index contributed by atoms with van der Waals surface area (Å²) >= 11 is 9.47. The topological polar surface area (TPSA) is 12.0 Å². The van der Waals surface area contributed by atoms with Crippen LogP contribution in [-0.4, -0.2) is 7.05 Å². The molecule has 0 aromatic heterocycles. The van der Waals surface area contributed by atoms with Gasteiger partial charge < -0.3 is 5.32 Å². The molecule has 0 spiro atoms. The third-order valence-electron chi connectivity index (χ3n) is 3.04. The molecular formula is C15H14BrClFN. The Kier molecular flexibility index (Phi) is 4.61. The van der Waals surface area contributed by atoms with Gasteiger partial charge in [0.25, 0.3) is 0 Å². The van der Waals surface area contributed by atoms with Crippen LogP contribution in [0, 0.1) is 12.7 Å². The second-order valence-corrected chi connectivity index (χ2v) is 5.76. The van der Waals surface area contributed by atoms with E-state index in [0.717, 1.165) is 21.2 Å². The van der Waals surface area contributed by atoms with E-state index in [-0.39, 0.29) is 11.9 Å². The fraction of sp³-hybridized carbons (Fsp3) is 0.200. The maximum Gasteiger partial charge on any atom is 0.124 e. The fourth-order valence-corrected chi connectivity index (χ4v) is 2.73. The average molecular weight is 343 g/mol. The number of benzene rings is 2. The van der Waals surface area contributed by atoms with E-state index in [1.807, 2.05) is 38.2 Å². The number of hydrogen-bond donors (Lipinski definition) is 1. The van der Waals surface area contributed by atoms with Gasteiger partial charge in [0.05, 0.1) is 6.04 Å². The van der Waals surface area contributed by atoms with Crippen molar-refractivity contribution in [2.75, 3.05) is 7.05 Å². The molecule has 2 aromatic carbocycles. The van der Waals surface area contributed by atoms with Gasteiger partial charge in [0.2, 0.25) is 0 Å². The standard InChI is InChI=1S/C15H14BrClFN/c1-9-3-4-10(7-14(9)17)15(19-2)11-5-12(16)8-13(18)6-11/h3-8,15,19H,1-2H3. The first kappa shape index (κ1) is 14.5. The van der Waals surface area contributed by atoms with Crippen LogP contribution in [0.15, 0.2) is 40.9 Å². The molecule has 1 N–H and O–H groups in total. The zero-order valence-electron chi connectivity index (χ0n) is 10.7. The lowest BCUT2D eigenvalue weighted by Gasteiger charge is -2.18. The van der Waals surface area contributed by atoms with Crippen LogP contribution in [0.1, 0.15) is 22.7 Å². The van der Waals surface area contributed by atoms with Crippen molar-refractivity contribution in [1.82, 2.24) is 5.32 Å². The first-order valence-electron chi connectivity index (χ1n) is 5.90. The molecule has 2 aromatic rings. The molecule has 1 unspecified atom stereocenters. The van der Waals surface area contributed by atoms with Crippen molar-refractivity contribution < 1.29 is 4.39 Å². The molecule has 0 bridgehead atoms. The molecule has 0 radical (unpaired) electrons. The van der Waals surface area contributed by atoms with Gasteiger partial charge in [-0.2, -0.15) is 0 Å². The monoisotopic (exact) mass is 341 g/mol. The van der Waals surface area contributed by atoms with Gasteiger partial charge in [-0.25, -0.2) is 4.39 Å². The molecule has 1 atom stereocenters. The Bertz CT molecular complexity index is 580. The van der Waals surface area contributed by atoms with Gasteiger partial charge in [-0.1, -0.05) is 39.7 Å². The molecule has 0 aliphatic carbocycles. The van der Waals surface area contributed by atoms with Gasteiger partial charge in [-0.05, 0) is 54.9 Å². The Hall–Kier alpha value is -0.900. The van der Waals surface area contributed by atoms with E-state index in [1.165, 1.54) is 12.1 Å². The van der Waals surface area contributed by atoms with Crippen molar-refractivity contribution in [2.24, 2.45) is 0 Å². The van der Waals surface area contributed by atoms with Gasteiger partial charge >= 0.3 is 0 Å². The Labute approximate surface area is 125 Å². The number of halogens is 3. The molecule has 19 heavy (non-hydrogen) atoms. The molecule has 0 aliphatic heterocycles. The van der Waals surface area contributed by atoms with Crippen LogP contribution in [0.25, 0.3) is 0 Å². The summed E-state index contributed by atoms with van der Waals surface area (Å²) in [5.41, 5.74) is 2.89. The van der Waals surface area contributed by atoms with Gasteiger partial charge in [-0.3, -0.25) is 0 Å². The summed E-state index contributed by atoms with van der Waals surface area (Å²) in [4.78, 5) is 0. The zero-order chi connectivity index (χ0) is 14.0. The van der Waals surface area contributed by atoms with E-state index in [9.17, 15) is 4.39 Å². The second kappa shape index (κ2) is 6.04. The summed E-state index contributed by atoms with van der Waals surface area (Å²) < 4.78 is 14.2. The highest BCUT2D eigenvalue weighted by Gasteiger charge is 2.14. The minimum atomic E-state index is -0.261. The molecule has 100 valence electrons. The predicted molar refractivity (Wildman–Crippen MR) is 81.2 cm³/mol. The van der Waals surface area contributed by atoms with Crippen LogP contribution >= 0.6 is 27.5 Å². The molecule has 2 rings (SSSR count). The zero-order valence-corrected chi connectivity index (χ0v) is 13.0. The Morgan fingerprint density at radius 1 is 1.16 bits per heavy atom. The minimum Gasteiger partial charge on any atom is -0.309 e. The first-order valence-corrected chi connectivity index (χ1v) is 7.07. The van der Waals surface area contributed by atoms with Gasteiger partial charge in [0.15, 0.2) is 0 Å². The summed E-state index contributed by atoms with van der Waals surface area (Å²) in [5, 5.41) is 3.91. The Morgan fingerprint density at radius 2 is 1.89 bits per heavy atom. The van der Waals surface area contributed by atoms with Crippen molar-refractivity contribution in [2.45, 2.75) is 13.0 Å². The lowest BCUT2D eigenvalue weighted by molar-refractivity contribution is 0.615. The van der Waals surface area contributed by atoms with Crippen LogP contribution in [0.3, 0.4) is 0 Å². The molecule has 0 heterocycles. The largest absolute Gasteiger partial charge is 0.309 e. The molecule has 0 fully saturated rings. The highest BCUT2D eigenvalue weighted by Crippen LogP contribution is 2.28. The number of aryl methyl sites for hydroxylation is 1. The maximum atomic E-state index is 13.5. The van der Waals surface area contributed by atoms with E-state index in [0.29, 0.717) is 5.02 Å². The van der Waals surface area contributed by atoms with Crippen LogP contribution in [0.4, 0.5) is 4.39 Å². The molecule has 0 amide bonds. The van der Waals surface area contributed by atoms with E-state index >= 15 is 0 Å². The molecule has 1 nitrogen and oxygen atoms in total. The SMILES string of the molecule is CNC(c1cc(F)cc(Br)c1)c1ccc(C)c(Cl)c1. The molecule has 0 aliphatic rings. The summed E-state index contributed by atoms with van der Waals surface area (Å²) in [6, 6.07) is 10.7. The van der Waals surface area contributed by atoms with Gasteiger partial charge in [0, 0.05) is 9.50 Å². The molecule has 4 heteroatoms. The summed E-state index contributed by atoms with van der Waals surface area (Å²) in [6.07, 6.45) is 0. The maximum absolute atomic E-state index is 13.5. The van der Waals surface area contributed by atoms with Crippen LogP contribution in [0.5, 0.6) is 0 Å². The second-order valence-electron chi connectivity index (χ2n) is 4.43. The average Bonchev–Trinajstić information content (AvgIpc) is 2.33. The lowest BCUT2D eigenvalue weighted by Crippen LogP contribution is -2.18. The van der Waals surface area contributed by atoms with Crippen LogP contribution < -0.4 is 5.32 Å². The van der Waals surface area contributed by atoms with Crippen molar-refractivity contribution in [1.29, 1.82) is 0 Å². The summed E-state index contributed by atoms with van der Waals surface area (Å²) in [5.74, 6) is -0.261. The van der Waals surface area contributed by atoms with Crippen molar-refractivity contribution in [3.05, 3.63) is 68.4 Å². The summed E-state index contributed by atoms with van der Waals surface area (Å²) in [6.45, 7) is 1.96. The number of nitrogens with one attached hydrogen (secondary N) is 1. The van der Waals surface area contributed by atoms with E-state index in [2.05, 4.69) is 21.2 Å². The van der Waals surface area contributed by atoms with Gasteiger partial charge in [0.1, 0.15) is 5.82 Å². The van der Waals surface area contributed by atoms with Crippen LogP contribution in [-0.2, 0) is 0 Å². The highest BCUT2D eigenvalue weighted by atomic mass is 79.9. The van der Waals surface area contributed by atoms with Crippen molar-refractivity contribution in [3.63, 3.8) is 0 Å². The van der Waals surface area contributed by atoms with E-state index in [1.54, 1.807) is 0 Å². The minimum absolute atomic E-state index is 0.0925. The number of hydrogen-bond acceptors (Lipinski definition) is 1. The lowest BCUT2D eigenvalue weighted by atomic mass is 9.98. The molecular weight excluding hydrogens is 329 g/mol. The Balaban J connectivity index is 2.46. The Morgan fingerprint density at radius 3 is 2.47 bits per heavy atom. The predicted octanol–water partition coefficient (Wildman–Crippen LogP) is 4.86. The van der Waals surface area contributed by atoms with E-state index < -0.39 is 0 Å². The molecule has 0 saturated heterocycles. The highest BCUT2D eigenvalue weighted by molar-refractivity contribution is 9.10. The molecule has 0 saturated carbocycles. The summed E-state index contributed by atoms with van der Waals surface area (Å²) in [7, 11) is 1.84. The van der Waals surface area contributed by atoms with Crippen molar-refractivity contribution >= 4 is 27.5 Å². The van der Waals surface area contributed by atoms with E-state index in [4.69, 9.17) is 11.6 Å². The van der Waals surface area contributed by atoms with Crippen LogP contribution in [0.2, 0.25) is 5.02 Å². The normalized spacial score (nSPS) is 12.5. The third kappa shape index (κ3) is 3.35.